The summed E-state index contributed by atoms with van der Waals surface area (Å²) in [5.41, 5.74) is 2.59. The molecular weight excluding hydrogens is 148 g/mol. The Morgan fingerprint density at radius 1 is 1.33 bits per heavy atom. The summed E-state index contributed by atoms with van der Waals surface area (Å²) in [5.74, 6) is 2.62. The van der Waals surface area contributed by atoms with Crippen LogP contribution in [-0.4, -0.2) is 6.10 Å². The Bertz CT molecular complexity index is 322. The summed E-state index contributed by atoms with van der Waals surface area (Å²) < 4.78 is 5.42. The van der Waals surface area contributed by atoms with E-state index in [4.69, 9.17) is 11.2 Å². The first-order valence-electron chi connectivity index (χ1n) is 4.04. The van der Waals surface area contributed by atoms with Gasteiger partial charge in [0.25, 0.3) is 0 Å². The molecule has 0 fully saturated rings. The van der Waals surface area contributed by atoms with Crippen LogP contribution in [0.15, 0.2) is 24.3 Å². The van der Waals surface area contributed by atoms with Crippen molar-refractivity contribution in [3.63, 3.8) is 0 Å². The molecular formula is C11H10O. The summed E-state index contributed by atoms with van der Waals surface area (Å²) in [7, 11) is 0. The highest BCUT2D eigenvalue weighted by molar-refractivity contribution is 5.30. The van der Waals surface area contributed by atoms with E-state index in [1.165, 1.54) is 11.1 Å². The molecule has 2 rings (SSSR count). The number of benzene rings is 1. The van der Waals surface area contributed by atoms with Crippen molar-refractivity contribution in [2.45, 2.75) is 19.1 Å². The maximum Gasteiger partial charge on any atom is 0.122 e. The van der Waals surface area contributed by atoms with Gasteiger partial charge < -0.3 is 4.74 Å². The van der Waals surface area contributed by atoms with Crippen molar-refractivity contribution >= 4 is 0 Å². The van der Waals surface area contributed by atoms with Crippen molar-refractivity contribution in [3.05, 3.63) is 35.4 Å². The lowest BCUT2D eigenvalue weighted by molar-refractivity contribution is 0.0657. The highest BCUT2D eigenvalue weighted by Crippen LogP contribution is 2.19. The van der Waals surface area contributed by atoms with Crippen LogP contribution < -0.4 is 0 Å². The van der Waals surface area contributed by atoms with Crippen LogP contribution in [0.1, 0.15) is 11.1 Å². The Morgan fingerprint density at radius 3 is 2.83 bits per heavy atom. The monoisotopic (exact) mass is 158 g/mol. The average Bonchev–Trinajstić information content (AvgIpc) is 2.17. The van der Waals surface area contributed by atoms with E-state index in [2.05, 4.69) is 18.1 Å². The smallest absolute Gasteiger partial charge is 0.122 e. The SMILES string of the molecule is C#CC1Cc2ccccc2CO1. The molecule has 0 amide bonds. The van der Waals surface area contributed by atoms with Crippen LogP contribution in [0.4, 0.5) is 0 Å². The Balaban J connectivity index is 2.30. The fourth-order valence-electron chi connectivity index (χ4n) is 1.45. The second-order valence-corrected chi connectivity index (χ2v) is 2.94. The van der Waals surface area contributed by atoms with Crippen LogP contribution in [0.2, 0.25) is 0 Å². The molecule has 0 spiro atoms. The molecule has 12 heavy (non-hydrogen) atoms. The topological polar surface area (TPSA) is 9.23 Å². The van der Waals surface area contributed by atoms with Gasteiger partial charge in [0, 0.05) is 6.42 Å². The van der Waals surface area contributed by atoms with E-state index in [-0.39, 0.29) is 6.10 Å². The third-order valence-corrected chi connectivity index (χ3v) is 2.15. The van der Waals surface area contributed by atoms with Gasteiger partial charge in [0.1, 0.15) is 6.10 Å². The summed E-state index contributed by atoms with van der Waals surface area (Å²) in [4.78, 5) is 0. The Labute approximate surface area is 72.4 Å². The van der Waals surface area contributed by atoms with Crippen LogP contribution in [-0.2, 0) is 17.8 Å². The molecule has 1 heteroatoms. The fraction of sp³-hybridized carbons (Fsp3) is 0.273. The minimum absolute atomic E-state index is 0.0279. The molecule has 0 radical (unpaired) electrons. The fourth-order valence-corrected chi connectivity index (χ4v) is 1.45. The third kappa shape index (κ3) is 1.22. The molecule has 1 aromatic rings. The molecule has 0 saturated heterocycles. The molecule has 1 atom stereocenters. The van der Waals surface area contributed by atoms with E-state index in [0.717, 1.165) is 6.42 Å². The molecule has 1 aliphatic rings. The highest BCUT2D eigenvalue weighted by Gasteiger charge is 2.15. The van der Waals surface area contributed by atoms with Crippen molar-refractivity contribution < 1.29 is 4.74 Å². The first-order chi connectivity index (χ1) is 5.90. The lowest BCUT2D eigenvalue weighted by atomic mass is 10.00. The van der Waals surface area contributed by atoms with Gasteiger partial charge in [-0.2, -0.15) is 0 Å². The Hall–Kier alpha value is -1.26. The lowest BCUT2D eigenvalue weighted by Gasteiger charge is -2.20. The van der Waals surface area contributed by atoms with Gasteiger partial charge in [-0.3, -0.25) is 0 Å². The van der Waals surface area contributed by atoms with Crippen molar-refractivity contribution in [1.29, 1.82) is 0 Å². The van der Waals surface area contributed by atoms with Gasteiger partial charge in [-0.1, -0.05) is 30.2 Å². The van der Waals surface area contributed by atoms with Crippen molar-refractivity contribution in [2.75, 3.05) is 0 Å². The summed E-state index contributed by atoms with van der Waals surface area (Å²) in [6.07, 6.45) is 6.11. The molecule has 1 unspecified atom stereocenters. The first-order valence-corrected chi connectivity index (χ1v) is 4.04. The Kier molecular flexibility index (Phi) is 1.85. The average molecular weight is 158 g/mol. The van der Waals surface area contributed by atoms with Gasteiger partial charge in [0.05, 0.1) is 6.61 Å². The Morgan fingerprint density at radius 2 is 2.08 bits per heavy atom. The maximum absolute atomic E-state index is 5.42. The van der Waals surface area contributed by atoms with Gasteiger partial charge in [-0.05, 0) is 11.1 Å². The van der Waals surface area contributed by atoms with E-state index in [9.17, 15) is 0 Å². The van der Waals surface area contributed by atoms with E-state index >= 15 is 0 Å². The molecule has 0 N–H and O–H groups in total. The van der Waals surface area contributed by atoms with Crippen LogP contribution >= 0.6 is 0 Å². The number of ether oxygens (including phenoxy) is 1. The summed E-state index contributed by atoms with van der Waals surface area (Å²) in [6, 6.07) is 8.26. The van der Waals surface area contributed by atoms with E-state index < -0.39 is 0 Å². The second-order valence-electron chi connectivity index (χ2n) is 2.94. The maximum atomic E-state index is 5.42. The molecule has 0 saturated carbocycles. The van der Waals surface area contributed by atoms with Crippen molar-refractivity contribution in [1.82, 2.24) is 0 Å². The predicted octanol–water partition coefficient (Wildman–Crippen LogP) is 1.76. The van der Waals surface area contributed by atoms with Gasteiger partial charge in [0.2, 0.25) is 0 Å². The number of fused-ring (bicyclic) bond motifs is 1. The quantitative estimate of drug-likeness (QED) is 0.523. The van der Waals surface area contributed by atoms with Crippen molar-refractivity contribution in [2.24, 2.45) is 0 Å². The van der Waals surface area contributed by atoms with Gasteiger partial charge in [0.15, 0.2) is 0 Å². The van der Waals surface area contributed by atoms with E-state index in [1.54, 1.807) is 0 Å². The molecule has 0 aromatic heterocycles. The molecule has 60 valence electrons. The minimum atomic E-state index is -0.0279. The number of terminal acetylenes is 1. The molecule has 1 aromatic carbocycles. The van der Waals surface area contributed by atoms with E-state index in [0.29, 0.717) is 6.61 Å². The molecule has 1 nitrogen and oxygen atoms in total. The first kappa shape index (κ1) is 7.39. The van der Waals surface area contributed by atoms with Crippen molar-refractivity contribution in [3.8, 4) is 12.3 Å². The normalized spacial score (nSPS) is 21.1. The zero-order chi connectivity index (χ0) is 8.39. The van der Waals surface area contributed by atoms with E-state index in [1.807, 2.05) is 12.1 Å². The highest BCUT2D eigenvalue weighted by atomic mass is 16.5. The third-order valence-electron chi connectivity index (χ3n) is 2.15. The van der Waals surface area contributed by atoms with Crippen LogP contribution in [0.3, 0.4) is 0 Å². The second kappa shape index (κ2) is 3.00. The number of hydrogen-bond acceptors (Lipinski definition) is 1. The molecule has 0 aliphatic carbocycles. The van der Waals surface area contributed by atoms with Gasteiger partial charge in [-0.25, -0.2) is 0 Å². The molecule has 1 aliphatic heterocycles. The van der Waals surface area contributed by atoms with Crippen LogP contribution in [0, 0.1) is 12.3 Å². The number of hydrogen-bond donors (Lipinski definition) is 0. The largest absolute Gasteiger partial charge is 0.361 e. The zero-order valence-corrected chi connectivity index (χ0v) is 6.79. The van der Waals surface area contributed by atoms with Gasteiger partial charge >= 0.3 is 0 Å². The molecule has 1 heterocycles. The number of rotatable bonds is 0. The summed E-state index contributed by atoms with van der Waals surface area (Å²) in [5, 5.41) is 0. The minimum Gasteiger partial charge on any atom is -0.361 e. The standard InChI is InChI=1S/C11H10O/c1-2-11-7-9-5-3-4-6-10(9)8-12-11/h1,3-6,11H,7-8H2. The summed E-state index contributed by atoms with van der Waals surface area (Å²) in [6.45, 7) is 0.658. The van der Waals surface area contributed by atoms with Crippen LogP contribution in [0.25, 0.3) is 0 Å². The van der Waals surface area contributed by atoms with Crippen LogP contribution in [0.5, 0.6) is 0 Å². The zero-order valence-electron chi connectivity index (χ0n) is 6.79. The lowest BCUT2D eigenvalue weighted by Crippen LogP contribution is -2.20. The predicted molar refractivity (Wildman–Crippen MR) is 47.6 cm³/mol. The van der Waals surface area contributed by atoms with Gasteiger partial charge in [-0.15, -0.1) is 6.42 Å². The molecule has 0 bridgehead atoms. The summed E-state index contributed by atoms with van der Waals surface area (Å²) >= 11 is 0.